The van der Waals surface area contributed by atoms with E-state index >= 15 is 0 Å². The molecule has 4 heteroatoms. The fourth-order valence-electron chi connectivity index (χ4n) is 2.58. The van der Waals surface area contributed by atoms with Gasteiger partial charge < -0.3 is 15.4 Å². The molecule has 1 unspecified atom stereocenters. The van der Waals surface area contributed by atoms with Gasteiger partial charge in [-0.25, -0.2) is 0 Å². The highest BCUT2D eigenvalue weighted by atomic mass is 16.5. The van der Waals surface area contributed by atoms with Gasteiger partial charge in [-0.15, -0.1) is 0 Å². The van der Waals surface area contributed by atoms with Crippen LogP contribution in [0.15, 0.2) is 12.3 Å². The van der Waals surface area contributed by atoms with Crippen molar-refractivity contribution in [1.82, 2.24) is 9.80 Å². The standard InChI is InChI=1S/C12H23N3O/c1-14-5-7-15(8-6-14)12(10-13)4-2-3-9-16-11-12/h3,9H,2,4-8,10-11,13H2,1H3. The molecular formula is C12H23N3O. The van der Waals surface area contributed by atoms with Crippen molar-refractivity contribution in [3.8, 4) is 0 Å². The van der Waals surface area contributed by atoms with Gasteiger partial charge in [-0.2, -0.15) is 0 Å². The number of hydrogen-bond donors (Lipinski definition) is 1. The van der Waals surface area contributed by atoms with Crippen LogP contribution < -0.4 is 5.73 Å². The van der Waals surface area contributed by atoms with Gasteiger partial charge in [-0.3, -0.25) is 4.90 Å². The molecule has 0 radical (unpaired) electrons. The highest BCUT2D eigenvalue weighted by Gasteiger charge is 2.37. The SMILES string of the molecule is CN1CCN(C2(CN)CCC=COC2)CC1. The largest absolute Gasteiger partial charge is 0.500 e. The molecule has 1 atom stereocenters. The first kappa shape index (κ1) is 11.9. The number of nitrogens with zero attached hydrogens (tertiary/aromatic N) is 2. The van der Waals surface area contributed by atoms with Crippen molar-refractivity contribution in [2.45, 2.75) is 18.4 Å². The van der Waals surface area contributed by atoms with Crippen LogP contribution in [0.3, 0.4) is 0 Å². The fraction of sp³-hybridized carbons (Fsp3) is 0.833. The molecule has 1 fully saturated rings. The van der Waals surface area contributed by atoms with E-state index in [1.165, 1.54) is 0 Å². The molecule has 1 saturated heterocycles. The molecule has 0 amide bonds. The van der Waals surface area contributed by atoms with Crippen molar-refractivity contribution >= 4 is 0 Å². The Kier molecular flexibility index (Phi) is 3.84. The molecule has 0 aromatic carbocycles. The molecule has 0 aromatic rings. The van der Waals surface area contributed by atoms with Crippen molar-refractivity contribution in [2.24, 2.45) is 5.73 Å². The molecule has 2 rings (SSSR count). The Morgan fingerprint density at radius 2 is 2.06 bits per heavy atom. The molecule has 0 saturated carbocycles. The maximum absolute atomic E-state index is 6.01. The molecule has 4 nitrogen and oxygen atoms in total. The van der Waals surface area contributed by atoms with Crippen LogP contribution in [0.25, 0.3) is 0 Å². The highest BCUT2D eigenvalue weighted by Crippen LogP contribution is 2.25. The molecule has 16 heavy (non-hydrogen) atoms. The zero-order chi connectivity index (χ0) is 11.4. The lowest BCUT2D eigenvalue weighted by atomic mass is 9.91. The Balaban J connectivity index is 2.02. The zero-order valence-electron chi connectivity index (χ0n) is 10.2. The van der Waals surface area contributed by atoms with Gasteiger partial charge in [0.05, 0.1) is 11.8 Å². The van der Waals surface area contributed by atoms with Gasteiger partial charge in [0.25, 0.3) is 0 Å². The predicted octanol–water partition coefficient (Wildman–Crippen LogP) is 0.255. The number of nitrogens with two attached hydrogens (primary N) is 1. The van der Waals surface area contributed by atoms with Gasteiger partial charge in [0, 0.05) is 32.7 Å². The molecule has 92 valence electrons. The van der Waals surface area contributed by atoms with Crippen LogP contribution in [0.2, 0.25) is 0 Å². The average molecular weight is 225 g/mol. The second-order valence-electron chi connectivity index (χ2n) is 4.94. The number of likely N-dealkylation sites (N-methyl/N-ethyl adjacent to an activating group) is 1. The van der Waals surface area contributed by atoms with Crippen molar-refractivity contribution in [2.75, 3.05) is 46.4 Å². The fourth-order valence-corrected chi connectivity index (χ4v) is 2.58. The smallest absolute Gasteiger partial charge is 0.107 e. The summed E-state index contributed by atoms with van der Waals surface area (Å²) < 4.78 is 5.57. The lowest BCUT2D eigenvalue weighted by Gasteiger charge is -2.46. The van der Waals surface area contributed by atoms with E-state index in [0.717, 1.165) is 45.6 Å². The molecule has 2 aliphatic rings. The normalized spacial score (nSPS) is 33.4. The lowest BCUT2D eigenvalue weighted by Crippen LogP contribution is -2.61. The molecule has 0 aliphatic carbocycles. The monoisotopic (exact) mass is 225 g/mol. The summed E-state index contributed by atoms with van der Waals surface area (Å²) >= 11 is 0. The maximum atomic E-state index is 6.01. The van der Waals surface area contributed by atoms with E-state index in [2.05, 4.69) is 22.9 Å². The van der Waals surface area contributed by atoms with E-state index in [0.29, 0.717) is 6.54 Å². The van der Waals surface area contributed by atoms with Crippen molar-refractivity contribution < 1.29 is 4.74 Å². The van der Waals surface area contributed by atoms with Crippen LogP contribution in [0.4, 0.5) is 0 Å². The van der Waals surface area contributed by atoms with E-state index in [4.69, 9.17) is 10.5 Å². The summed E-state index contributed by atoms with van der Waals surface area (Å²) in [6.45, 7) is 5.92. The first-order chi connectivity index (χ1) is 7.77. The third-order valence-corrected chi connectivity index (χ3v) is 3.87. The molecule has 0 aromatic heterocycles. The number of hydrogen-bond acceptors (Lipinski definition) is 4. The molecule has 2 heterocycles. The second kappa shape index (κ2) is 5.17. The van der Waals surface area contributed by atoms with E-state index < -0.39 is 0 Å². The van der Waals surface area contributed by atoms with Crippen molar-refractivity contribution in [3.63, 3.8) is 0 Å². The summed E-state index contributed by atoms with van der Waals surface area (Å²) in [5.41, 5.74) is 6.07. The molecule has 0 spiro atoms. The Bertz CT molecular complexity index is 237. The first-order valence-corrected chi connectivity index (χ1v) is 6.17. The summed E-state index contributed by atoms with van der Waals surface area (Å²) in [5, 5.41) is 0. The topological polar surface area (TPSA) is 41.7 Å². The van der Waals surface area contributed by atoms with E-state index in [9.17, 15) is 0 Å². The molecular weight excluding hydrogens is 202 g/mol. The Labute approximate surface area is 98.0 Å². The Morgan fingerprint density at radius 1 is 1.31 bits per heavy atom. The summed E-state index contributed by atoms with van der Waals surface area (Å²) in [6, 6.07) is 0. The van der Waals surface area contributed by atoms with Gasteiger partial charge >= 0.3 is 0 Å². The number of piperazine rings is 1. The van der Waals surface area contributed by atoms with Gasteiger partial charge in [0.1, 0.15) is 6.61 Å². The van der Waals surface area contributed by atoms with Gasteiger partial charge in [0.2, 0.25) is 0 Å². The predicted molar refractivity (Wildman–Crippen MR) is 65.2 cm³/mol. The highest BCUT2D eigenvalue weighted by molar-refractivity contribution is 4.98. The van der Waals surface area contributed by atoms with Gasteiger partial charge in [-0.1, -0.05) is 0 Å². The number of allylic oxidation sites excluding steroid dienone is 1. The Hall–Kier alpha value is -0.580. The van der Waals surface area contributed by atoms with E-state index in [1.807, 2.05) is 6.26 Å². The van der Waals surface area contributed by atoms with Crippen LogP contribution in [0, 0.1) is 0 Å². The summed E-state index contributed by atoms with van der Waals surface area (Å²) in [4.78, 5) is 4.90. The zero-order valence-corrected chi connectivity index (χ0v) is 10.2. The molecule has 0 bridgehead atoms. The second-order valence-corrected chi connectivity index (χ2v) is 4.94. The molecule has 2 aliphatic heterocycles. The Morgan fingerprint density at radius 3 is 2.75 bits per heavy atom. The van der Waals surface area contributed by atoms with Crippen LogP contribution >= 0.6 is 0 Å². The van der Waals surface area contributed by atoms with Crippen LogP contribution in [0.1, 0.15) is 12.8 Å². The van der Waals surface area contributed by atoms with Crippen LogP contribution in [0.5, 0.6) is 0 Å². The molecule has 2 N–H and O–H groups in total. The summed E-state index contributed by atoms with van der Waals surface area (Å²) in [5.74, 6) is 0. The quantitative estimate of drug-likeness (QED) is 0.732. The average Bonchev–Trinajstić information content (AvgIpc) is 2.56. The maximum Gasteiger partial charge on any atom is 0.107 e. The summed E-state index contributed by atoms with van der Waals surface area (Å²) in [6.07, 6.45) is 6.12. The number of rotatable bonds is 2. The van der Waals surface area contributed by atoms with E-state index in [-0.39, 0.29) is 5.54 Å². The van der Waals surface area contributed by atoms with Gasteiger partial charge in [-0.05, 0) is 26.0 Å². The van der Waals surface area contributed by atoms with Crippen molar-refractivity contribution in [3.05, 3.63) is 12.3 Å². The minimum Gasteiger partial charge on any atom is -0.500 e. The van der Waals surface area contributed by atoms with Crippen LogP contribution in [-0.4, -0.2) is 61.7 Å². The first-order valence-electron chi connectivity index (χ1n) is 6.17. The van der Waals surface area contributed by atoms with E-state index in [1.54, 1.807) is 0 Å². The van der Waals surface area contributed by atoms with Gasteiger partial charge in [0.15, 0.2) is 0 Å². The minimum atomic E-state index is 0.0603. The lowest BCUT2D eigenvalue weighted by molar-refractivity contribution is -0.000375. The third-order valence-electron chi connectivity index (χ3n) is 3.87. The third kappa shape index (κ3) is 2.39. The van der Waals surface area contributed by atoms with Crippen LogP contribution in [-0.2, 0) is 4.74 Å². The minimum absolute atomic E-state index is 0.0603. The van der Waals surface area contributed by atoms with Crippen molar-refractivity contribution in [1.29, 1.82) is 0 Å². The number of ether oxygens (including phenoxy) is 1. The summed E-state index contributed by atoms with van der Waals surface area (Å²) in [7, 11) is 2.18.